The molecule has 0 saturated carbocycles. The van der Waals surface area contributed by atoms with E-state index < -0.39 is 4.92 Å². The summed E-state index contributed by atoms with van der Waals surface area (Å²) in [4.78, 5) is 18.8. The molecular weight excluding hydrogens is 382 g/mol. The van der Waals surface area contributed by atoms with E-state index in [1.54, 1.807) is 29.1 Å². The first-order valence-electron chi connectivity index (χ1n) is 9.08. The summed E-state index contributed by atoms with van der Waals surface area (Å²) in [6.45, 7) is 1.93. The fourth-order valence-corrected chi connectivity index (χ4v) is 2.87. The number of non-ortho nitro benzene ring substituents is 1. The molecule has 148 valence electrons. The molecule has 0 amide bonds. The van der Waals surface area contributed by atoms with Crippen molar-refractivity contribution in [3.63, 3.8) is 0 Å². The molecule has 0 bridgehead atoms. The van der Waals surface area contributed by atoms with Gasteiger partial charge in [0.1, 0.15) is 6.33 Å². The zero-order valence-corrected chi connectivity index (χ0v) is 16.0. The first-order chi connectivity index (χ1) is 14.6. The number of nitro benzene ring substituents is 1. The standard InChI is InChI=1S/C21H17N7O2/c1-15-11-19(17-5-3-2-4-6-17)27(26-15)21-12-20(22-14-23-21)25-24-13-16-7-9-18(10-8-16)28(29)30/h2-14H,1H3,(H,22,23,25)/b24-13-. The maximum atomic E-state index is 10.7. The number of rotatable bonds is 6. The molecule has 2 aromatic carbocycles. The Balaban J connectivity index is 1.55. The second-order valence-electron chi connectivity index (χ2n) is 6.43. The van der Waals surface area contributed by atoms with Crippen molar-refractivity contribution in [3.8, 4) is 17.1 Å². The van der Waals surface area contributed by atoms with Gasteiger partial charge in [0, 0.05) is 23.8 Å². The number of aryl methyl sites for hydroxylation is 1. The first kappa shape index (κ1) is 18.9. The van der Waals surface area contributed by atoms with E-state index in [2.05, 4.69) is 25.6 Å². The predicted octanol–water partition coefficient (Wildman–Crippen LogP) is 3.99. The summed E-state index contributed by atoms with van der Waals surface area (Å²) < 4.78 is 1.76. The normalized spacial score (nSPS) is 11.0. The number of hydrazone groups is 1. The van der Waals surface area contributed by atoms with Crippen LogP contribution in [0.5, 0.6) is 0 Å². The maximum absolute atomic E-state index is 10.7. The van der Waals surface area contributed by atoms with Crippen molar-refractivity contribution in [2.45, 2.75) is 6.92 Å². The van der Waals surface area contributed by atoms with Gasteiger partial charge in [0.15, 0.2) is 11.6 Å². The number of aromatic nitrogens is 4. The summed E-state index contributed by atoms with van der Waals surface area (Å²) in [6, 6.07) is 19.8. The van der Waals surface area contributed by atoms with Crippen molar-refractivity contribution in [1.82, 2.24) is 19.7 Å². The quantitative estimate of drug-likeness (QED) is 0.298. The van der Waals surface area contributed by atoms with E-state index in [9.17, 15) is 10.1 Å². The zero-order valence-electron chi connectivity index (χ0n) is 16.0. The van der Waals surface area contributed by atoms with Gasteiger partial charge in [-0.3, -0.25) is 15.5 Å². The second kappa shape index (κ2) is 8.31. The van der Waals surface area contributed by atoms with Crippen molar-refractivity contribution in [2.75, 3.05) is 5.43 Å². The zero-order chi connectivity index (χ0) is 20.9. The number of nitro groups is 1. The molecule has 9 nitrogen and oxygen atoms in total. The summed E-state index contributed by atoms with van der Waals surface area (Å²) >= 11 is 0. The molecular formula is C21H17N7O2. The van der Waals surface area contributed by atoms with Crippen LogP contribution in [-0.2, 0) is 0 Å². The number of nitrogens with zero attached hydrogens (tertiary/aromatic N) is 6. The van der Waals surface area contributed by atoms with Gasteiger partial charge in [0.2, 0.25) is 0 Å². The van der Waals surface area contributed by atoms with E-state index in [1.165, 1.54) is 18.5 Å². The summed E-state index contributed by atoms with van der Waals surface area (Å²) in [7, 11) is 0. The Morgan fingerprint density at radius 2 is 1.83 bits per heavy atom. The smallest absolute Gasteiger partial charge is 0.261 e. The van der Waals surface area contributed by atoms with Crippen LogP contribution in [0.1, 0.15) is 11.3 Å². The van der Waals surface area contributed by atoms with Gasteiger partial charge in [0.05, 0.1) is 22.5 Å². The molecule has 0 unspecified atom stereocenters. The van der Waals surface area contributed by atoms with Gasteiger partial charge in [-0.05, 0) is 30.7 Å². The highest BCUT2D eigenvalue weighted by Crippen LogP contribution is 2.23. The molecule has 0 aliphatic rings. The topological polar surface area (TPSA) is 111 Å². The minimum Gasteiger partial charge on any atom is -0.261 e. The van der Waals surface area contributed by atoms with E-state index in [0.29, 0.717) is 11.6 Å². The molecule has 0 fully saturated rings. The number of nitrogens with one attached hydrogen (secondary N) is 1. The minimum atomic E-state index is -0.442. The molecule has 4 rings (SSSR count). The Bertz CT molecular complexity index is 1200. The van der Waals surface area contributed by atoms with Gasteiger partial charge >= 0.3 is 0 Å². The van der Waals surface area contributed by atoms with E-state index in [4.69, 9.17) is 0 Å². The largest absolute Gasteiger partial charge is 0.269 e. The third kappa shape index (κ3) is 4.20. The van der Waals surface area contributed by atoms with Gasteiger partial charge in [-0.25, -0.2) is 14.6 Å². The van der Waals surface area contributed by atoms with Gasteiger partial charge in [-0.1, -0.05) is 30.3 Å². The molecule has 0 saturated heterocycles. The van der Waals surface area contributed by atoms with Crippen LogP contribution in [0.15, 0.2) is 78.2 Å². The fraction of sp³-hybridized carbons (Fsp3) is 0.0476. The van der Waals surface area contributed by atoms with Gasteiger partial charge in [-0.2, -0.15) is 10.2 Å². The highest BCUT2D eigenvalue weighted by atomic mass is 16.6. The molecule has 0 aliphatic carbocycles. The summed E-state index contributed by atoms with van der Waals surface area (Å²) in [6.07, 6.45) is 2.99. The van der Waals surface area contributed by atoms with E-state index in [0.717, 1.165) is 22.5 Å². The number of anilines is 1. The average molecular weight is 399 g/mol. The maximum Gasteiger partial charge on any atom is 0.269 e. The molecule has 0 spiro atoms. The lowest BCUT2D eigenvalue weighted by atomic mass is 10.1. The van der Waals surface area contributed by atoms with Crippen LogP contribution in [-0.4, -0.2) is 30.9 Å². The lowest BCUT2D eigenvalue weighted by Gasteiger charge is -2.07. The van der Waals surface area contributed by atoms with Crippen LogP contribution in [0.4, 0.5) is 11.5 Å². The van der Waals surface area contributed by atoms with E-state index >= 15 is 0 Å². The molecule has 0 radical (unpaired) electrons. The number of benzene rings is 2. The van der Waals surface area contributed by atoms with Crippen LogP contribution in [0.25, 0.3) is 17.1 Å². The molecule has 30 heavy (non-hydrogen) atoms. The Hall–Kier alpha value is -4.40. The van der Waals surface area contributed by atoms with Crippen LogP contribution in [0.2, 0.25) is 0 Å². The van der Waals surface area contributed by atoms with E-state index in [1.807, 2.05) is 43.3 Å². The monoisotopic (exact) mass is 399 g/mol. The van der Waals surface area contributed by atoms with E-state index in [-0.39, 0.29) is 5.69 Å². The minimum absolute atomic E-state index is 0.0317. The summed E-state index contributed by atoms with van der Waals surface area (Å²) in [5, 5.41) is 19.4. The third-order valence-electron chi connectivity index (χ3n) is 4.27. The van der Waals surface area contributed by atoms with Crippen molar-refractivity contribution >= 4 is 17.7 Å². The Labute approximate surface area is 171 Å². The molecule has 1 N–H and O–H groups in total. The second-order valence-corrected chi connectivity index (χ2v) is 6.43. The molecule has 0 aliphatic heterocycles. The first-order valence-corrected chi connectivity index (χ1v) is 9.08. The molecule has 0 atom stereocenters. The van der Waals surface area contributed by atoms with Crippen molar-refractivity contribution in [2.24, 2.45) is 5.10 Å². The van der Waals surface area contributed by atoms with Crippen molar-refractivity contribution < 1.29 is 4.92 Å². The van der Waals surface area contributed by atoms with Crippen molar-refractivity contribution in [3.05, 3.63) is 94.4 Å². The number of hydrogen-bond donors (Lipinski definition) is 1. The lowest BCUT2D eigenvalue weighted by molar-refractivity contribution is -0.384. The third-order valence-corrected chi connectivity index (χ3v) is 4.27. The average Bonchev–Trinajstić information content (AvgIpc) is 3.17. The number of hydrogen-bond acceptors (Lipinski definition) is 7. The van der Waals surface area contributed by atoms with Crippen LogP contribution >= 0.6 is 0 Å². The fourth-order valence-electron chi connectivity index (χ4n) is 2.87. The van der Waals surface area contributed by atoms with Crippen LogP contribution < -0.4 is 5.43 Å². The predicted molar refractivity (Wildman–Crippen MR) is 114 cm³/mol. The molecule has 2 heterocycles. The highest BCUT2D eigenvalue weighted by molar-refractivity contribution is 5.80. The molecule has 9 heteroatoms. The van der Waals surface area contributed by atoms with Crippen LogP contribution in [0.3, 0.4) is 0 Å². The Morgan fingerprint density at radius 3 is 2.57 bits per heavy atom. The SMILES string of the molecule is Cc1cc(-c2ccccc2)n(-c2cc(N/N=C\c3ccc([N+](=O)[O-])cc3)ncn2)n1. The van der Waals surface area contributed by atoms with Gasteiger partial charge in [0.25, 0.3) is 5.69 Å². The lowest BCUT2D eigenvalue weighted by Crippen LogP contribution is -2.04. The van der Waals surface area contributed by atoms with Gasteiger partial charge in [-0.15, -0.1) is 0 Å². The molecule has 2 aromatic heterocycles. The summed E-state index contributed by atoms with van der Waals surface area (Å²) in [5.41, 5.74) is 6.43. The van der Waals surface area contributed by atoms with Crippen LogP contribution in [0, 0.1) is 17.0 Å². The molecule has 4 aromatic rings. The van der Waals surface area contributed by atoms with Gasteiger partial charge < -0.3 is 0 Å². The highest BCUT2D eigenvalue weighted by Gasteiger charge is 2.11. The summed E-state index contributed by atoms with van der Waals surface area (Å²) in [5.74, 6) is 1.09. The Kier molecular flexibility index (Phi) is 5.25. The van der Waals surface area contributed by atoms with Crippen molar-refractivity contribution in [1.29, 1.82) is 0 Å². The Morgan fingerprint density at radius 1 is 1.07 bits per heavy atom.